The van der Waals surface area contributed by atoms with Crippen molar-refractivity contribution in [3.05, 3.63) is 29.8 Å². The number of rotatable bonds is 6. The van der Waals surface area contributed by atoms with Crippen LogP contribution in [0.2, 0.25) is 0 Å². The van der Waals surface area contributed by atoms with Crippen molar-refractivity contribution >= 4 is 23.4 Å². The molecule has 1 atom stereocenters. The van der Waals surface area contributed by atoms with Crippen LogP contribution in [0.5, 0.6) is 0 Å². The minimum atomic E-state index is -0.0106. The maximum absolute atomic E-state index is 12.0. The van der Waals surface area contributed by atoms with Crippen LogP contribution in [0.15, 0.2) is 24.3 Å². The molecule has 0 radical (unpaired) electrons. The van der Waals surface area contributed by atoms with Gasteiger partial charge in [-0.3, -0.25) is 4.79 Å². The van der Waals surface area contributed by atoms with E-state index in [1.54, 1.807) is 11.8 Å². The second kappa shape index (κ2) is 7.22. The molecule has 0 spiro atoms. The standard InChI is InChI=1S/C13H20N2OS/c1-10(8-9-17-3)15-13(16)11-6-4-5-7-12(11)14-2/h4-7,10,14H,8-9H2,1-3H3,(H,15,16). The molecule has 0 heterocycles. The highest BCUT2D eigenvalue weighted by atomic mass is 32.2. The first-order chi connectivity index (χ1) is 8.19. The molecule has 1 aromatic rings. The molecule has 0 aliphatic carbocycles. The summed E-state index contributed by atoms with van der Waals surface area (Å²) in [5.41, 5.74) is 1.56. The van der Waals surface area contributed by atoms with Crippen molar-refractivity contribution in [2.75, 3.05) is 24.4 Å². The van der Waals surface area contributed by atoms with E-state index in [0.717, 1.165) is 17.9 Å². The van der Waals surface area contributed by atoms with Crippen LogP contribution < -0.4 is 10.6 Å². The average molecular weight is 252 g/mol. The summed E-state index contributed by atoms with van der Waals surface area (Å²) in [5.74, 6) is 1.05. The van der Waals surface area contributed by atoms with Gasteiger partial charge in [0, 0.05) is 18.8 Å². The molecule has 17 heavy (non-hydrogen) atoms. The van der Waals surface area contributed by atoms with Gasteiger partial charge in [-0.25, -0.2) is 0 Å². The Bertz CT molecular complexity index is 368. The van der Waals surface area contributed by atoms with Crippen molar-refractivity contribution in [2.45, 2.75) is 19.4 Å². The first-order valence-corrected chi connectivity index (χ1v) is 7.15. The maximum Gasteiger partial charge on any atom is 0.253 e. The Morgan fingerprint density at radius 3 is 2.76 bits per heavy atom. The fraction of sp³-hybridized carbons (Fsp3) is 0.462. The summed E-state index contributed by atoms with van der Waals surface area (Å²) in [6.07, 6.45) is 3.07. The molecular formula is C13H20N2OS. The summed E-state index contributed by atoms with van der Waals surface area (Å²) in [6.45, 7) is 2.04. The minimum Gasteiger partial charge on any atom is -0.387 e. The third-order valence-corrected chi connectivity index (χ3v) is 3.22. The third kappa shape index (κ3) is 4.30. The summed E-state index contributed by atoms with van der Waals surface area (Å²) in [4.78, 5) is 12.0. The normalized spacial score (nSPS) is 11.9. The van der Waals surface area contributed by atoms with Crippen molar-refractivity contribution in [1.29, 1.82) is 0 Å². The highest BCUT2D eigenvalue weighted by molar-refractivity contribution is 7.98. The Kier molecular flexibility index (Phi) is 5.91. The van der Waals surface area contributed by atoms with E-state index in [2.05, 4.69) is 16.9 Å². The van der Waals surface area contributed by atoms with E-state index in [4.69, 9.17) is 0 Å². The van der Waals surface area contributed by atoms with E-state index < -0.39 is 0 Å². The average Bonchev–Trinajstić information content (AvgIpc) is 2.36. The minimum absolute atomic E-state index is 0.0106. The number of nitrogens with one attached hydrogen (secondary N) is 2. The first-order valence-electron chi connectivity index (χ1n) is 5.75. The van der Waals surface area contributed by atoms with Gasteiger partial charge in [-0.2, -0.15) is 11.8 Å². The van der Waals surface area contributed by atoms with Gasteiger partial charge in [-0.1, -0.05) is 12.1 Å². The summed E-state index contributed by atoms with van der Waals surface area (Å²) < 4.78 is 0. The largest absolute Gasteiger partial charge is 0.387 e. The summed E-state index contributed by atoms with van der Waals surface area (Å²) >= 11 is 1.80. The number of carbonyl (C=O) groups is 1. The first kappa shape index (κ1) is 13.9. The van der Waals surface area contributed by atoms with Crippen LogP contribution in [0.3, 0.4) is 0 Å². The zero-order chi connectivity index (χ0) is 12.7. The predicted octanol–water partition coefficient (Wildman–Crippen LogP) is 2.60. The highest BCUT2D eigenvalue weighted by Crippen LogP contribution is 2.14. The van der Waals surface area contributed by atoms with E-state index >= 15 is 0 Å². The van der Waals surface area contributed by atoms with Crippen LogP contribution in [0.25, 0.3) is 0 Å². The molecule has 0 saturated heterocycles. The van der Waals surface area contributed by atoms with Crippen molar-refractivity contribution in [1.82, 2.24) is 5.32 Å². The molecule has 1 aromatic carbocycles. The van der Waals surface area contributed by atoms with E-state index in [-0.39, 0.29) is 11.9 Å². The van der Waals surface area contributed by atoms with Gasteiger partial charge in [0.05, 0.1) is 5.56 Å². The molecular weight excluding hydrogens is 232 g/mol. The molecule has 0 bridgehead atoms. The molecule has 94 valence electrons. The number of hydrogen-bond acceptors (Lipinski definition) is 3. The summed E-state index contributed by atoms with van der Waals surface area (Å²) in [5, 5.41) is 6.04. The molecule has 3 nitrogen and oxygen atoms in total. The molecule has 0 aromatic heterocycles. The van der Waals surface area contributed by atoms with Crippen molar-refractivity contribution < 1.29 is 4.79 Å². The van der Waals surface area contributed by atoms with Gasteiger partial charge in [-0.05, 0) is 37.5 Å². The topological polar surface area (TPSA) is 41.1 Å². The highest BCUT2D eigenvalue weighted by Gasteiger charge is 2.12. The quantitative estimate of drug-likeness (QED) is 0.817. The van der Waals surface area contributed by atoms with Crippen LogP contribution in [0.1, 0.15) is 23.7 Å². The summed E-state index contributed by atoms with van der Waals surface area (Å²) in [7, 11) is 1.82. The van der Waals surface area contributed by atoms with Gasteiger partial charge in [0.25, 0.3) is 5.91 Å². The van der Waals surface area contributed by atoms with Gasteiger partial charge in [0.2, 0.25) is 0 Å². The molecule has 1 amide bonds. The second-order valence-electron chi connectivity index (χ2n) is 3.95. The molecule has 4 heteroatoms. The van der Waals surface area contributed by atoms with Gasteiger partial charge >= 0.3 is 0 Å². The van der Waals surface area contributed by atoms with Gasteiger partial charge < -0.3 is 10.6 Å². The number of carbonyl (C=O) groups excluding carboxylic acids is 1. The lowest BCUT2D eigenvalue weighted by molar-refractivity contribution is 0.0940. The van der Waals surface area contributed by atoms with Gasteiger partial charge in [-0.15, -0.1) is 0 Å². The van der Waals surface area contributed by atoms with E-state index in [9.17, 15) is 4.79 Å². The Morgan fingerprint density at radius 1 is 1.41 bits per heavy atom. The predicted molar refractivity (Wildman–Crippen MR) is 75.9 cm³/mol. The van der Waals surface area contributed by atoms with Crippen LogP contribution >= 0.6 is 11.8 Å². The Labute approximate surface area is 107 Å². The van der Waals surface area contributed by atoms with Gasteiger partial charge in [0.1, 0.15) is 0 Å². The maximum atomic E-state index is 12.0. The van der Waals surface area contributed by atoms with Gasteiger partial charge in [0.15, 0.2) is 0 Å². The fourth-order valence-corrected chi connectivity index (χ4v) is 2.16. The van der Waals surface area contributed by atoms with E-state index in [1.165, 1.54) is 0 Å². The molecule has 0 aliphatic rings. The molecule has 0 fully saturated rings. The zero-order valence-electron chi connectivity index (χ0n) is 10.6. The number of anilines is 1. The zero-order valence-corrected chi connectivity index (χ0v) is 11.4. The van der Waals surface area contributed by atoms with E-state index in [1.807, 2.05) is 38.2 Å². The Hall–Kier alpha value is -1.16. The Morgan fingerprint density at radius 2 is 2.12 bits per heavy atom. The lowest BCUT2D eigenvalue weighted by Crippen LogP contribution is -2.33. The van der Waals surface area contributed by atoms with Crippen molar-refractivity contribution in [3.8, 4) is 0 Å². The molecule has 2 N–H and O–H groups in total. The van der Waals surface area contributed by atoms with Crippen LogP contribution in [0.4, 0.5) is 5.69 Å². The second-order valence-corrected chi connectivity index (χ2v) is 4.94. The smallest absolute Gasteiger partial charge is 0.253 e. The molecule has 1 rings (SSSR count). The fourth-order valence-electron chi connectivity index (χ4n) is 1.57. The lowest BCUT2D eigenvalue weighted by Gasteiger charge is -2.15. The molecule has 0 saturated carbocycles. The number of amides is 1. The number of thioether (sulfide) groups is 1. The molecule has 0 aliphatic heterocycles. The SMILES string of the molecule is CNc1ccccc1C(=O)NC(C)CCSC. The Balaban J connectivity index is 2.63. The lowest BCUT2D eigenvalue weighted by atomic mass is 10.1. The van der Waals surface area contributed by atoms with Crippen LogP contribution in [-0.2, 0) is 0 Å². The summed E-state index contributed by atoms with van der Waals surface area (Å²) in [6, 6.07) is 7.74. The van der Waals surface area contributed by atoms with Crippen LogP contribution in [0, 0.1) is 0 Å². The number of hydrogen-bond donors (Lipinski definition) is 2. The van der Waals surface area contributed by atoms with Crippen LogP contribution in [-0.4, -0.2) is 31.0 Å². The molecule has 1 unspecified atom stereocenters. The number of benzene rings is 1. The van der Waals surface area contributed by atoms with E-state index in [0.29, 0.717) is 5.56 Å². The van der Waals surface area contributed by atoms with Crippen molar-refractivity contribution in [3.63, 3.8) is 0 Å². The third-order valence-electron chi connectivity index (χ3n) is 2.57. The number of para-hydroxylation sites is 1. The van der Waals surface area contributed by atoms with Crippen molar-refractivity contribution in [2.24, 2.45) is 0 Å². The monoisotopic (exact) mass is 252 g/mol.